The van der Waals surface area contributed by atoms with Crippen molar-refractivity contribution in [1.82, 2.24) is 0 Å². The van der Waals surface area contributed by atoms with E-state index in [-0.39, 0.29) is 0 Å². The van der Waals surface area contributed by atoms with Crippen LogP contribution in [0.2, 0.25) is 6.04 Å². The van der Waals surface area contributed by atoms with E-state index in [1.54, 1.807) is 21.3 Å². The standard InChI is InChI=1S/C18H40O4SSi/c1-5-6-16-23(19)17-14-12-10-8-7-9-11-13-15-18-24(20-2,21-3)22-4/h5-18H2,1-4H3. The molecule has 1 unspecified atom stereocenters. The Kier molecular flexibility index (Phi) is 16.9. The molecule has 0 spiro atoms. The van der Waals surface area contributed by atoms with E-state index in [0.717, 1.165) is 43.2 Å². The smallest absolute Gasteiger partial charge is 0.377 e. The van der Waals surface area contributed by atoms with Gasteiger partial charge < -0.3 is 13.3 Å². The van der Waals surface area contributed by atoms with Crippen molar-refractivity contribution in [3.05, 3.63) is 0 Å². The van der Waals surface area contributed by atoms with Crippen molar-refractivity contribution in [2.75, 3.05) is 32.8 Å². The van der Waals surface area contributed by atoms with E-state index >= 15 is 0 Å². The highest BCUT2D eigenvalue weighted by Gasteiger charge is 2.36. The Morgan fingerprint density at radius 1 is 0.667 bits per heavy atom. The molecule has 0 aliphatic heterocycles. The molecule has 0 saturated heterocycles. The van der Waals surface area contributed by atoms with Crippen molar-refractivity contribution < 1.29 is 17.5 Å². The van der Waals surface area contributed by atoms with Crippen LogP contribution >= 0.6 is 0 Å². The fourth-order valence-electron chi connectivity index (χ4n) is 2.81. The molecule has 1 atom stereocenters. The third-order valence-electron chi connectivity index (χ3n) is 4.51. The molecule has 0 aromatic carbocycles. The van der Waals surface area contributed by atoms with Gasteiger partial charge in [-0.15, -0.1) is 0 Å². The Morgan fingerprint density at radius 2 is 1.08 bits per heavy atom. The molecule has 0 heterocycles. The maximum Gasteiger partial charge on any atom is 0.500 e. The van der Waals surface area contributed by atoms with Crippen molar-refractivity contribution in [2.45, 2.75) is 83.6 Å². The fraction of sp³-hybridized carbons (Fsp3) is 1.00. The van der Waals surface area contributed by atoms with Gasteiger partial charge in [-0.25, -0.2) is 0 Å². The van der Waals surface area contributed by atoms with Crippen molar-refractivity contribution >= 4 is 19.6 Å². The second kappa shape index (κ2) is 16.7. The minimum absolute atomic E-state index is 0.570. The normalized spacial score (nSPS) is 13.3. The van der Waals surface area contributed by atoms with Crippen LogP contribution in [0.15, 0.2) is 0 Å². The van der Waals surface area contributed by atoms with Gasteiger partial charge in [0, 0.05) is 49.7 Å². The van der Waals surface area contributed by atoms with Crippen molar-refractivity contribution in [3.8, 4) is 0 Å². The van der Waals surface area contributed by atoms with E-state index in [0.29, 0.717) is 0 Å². The summed E-state index contributed by atoms with van der Waals surface area (Å²) in [6.07, 6.45) is 13.5. The van der Waals surface area contributed by atoms with Crippen LogP contribution in [0.4, 0.5) is 0 Å². The highest BCUT2D eigenvalue weighted by atomic mass is 32.2. The second-order valence-electron chi connectivity index (χ2n) is 6.43. The Labute approximate surface area is 153 Å². The van der Waals surface area contributed by atoms with Gasteiger partial charge in [-0.2, -0.15) is 0 Å². The fourth-order valence-corrected chi connectivity index (χ4v) is 5.94. The molecule has 0 radical (unpaired) electrons. The Hall–Kier alpha value is 0.247. The summed E-state index contributed by atoms with van der Waals surface area (Å²) in [5, 5.41) is 0. The van der Waals surface area contributed by atoms with Crippen LogP contribution in [0.1, 0.15) is 77.6 Å². The number of unbranched alkanes of at least 4 members (excludes halogenated alkanes) is 9. The first kappa shape index (κ1) is 24.2. The molecule has 0 rings (SSSR count). The quantitative estimate of drug-likeness (QED) is 0.250. The first-order chi connectivity index (χ1) is 11.6. The van der Waals surface area contributed by atoms with Crippen molar-refractivity contribution in [2.24, 2.45) is 0 Å². The van der Waals surface area contributed by atoms with Crippen LogP contribution in [0.5, 0.6) is 0 Å². The van der Waals surface area contributed by atoms with E-state index in [1.807, 2.05) is 0 Å². The zero-order valence-electron chi connectivity index (χ0n) is 16.4. The molecule has 6 heteroatoms. The lowest BCUT2D eigenvalue weighted by molar-refractivity contribution is 0.122. The highest BCUT2D eigenvalue weighted by Crippen LogP contribution is 2.18. The largest absolute Gasteiger partial charge is 0.500 e. The minimum Gasteiger partial charge on any atom is -0.377 e. The molecule has 0 N–H and O–H groups in total. The van der Waals surface area contributed by atoms with E-state index < -0.39 is 19.6 Å². The van der Waals surface area contributed by atoms with Gasteiger partial charge >= 0.3 is 8.80 Å². The summed E-state index contributed by atoms with van der Waals surface area (Å²) in [5.41, 5.74) is 0. The number of rotatable bonds is 18. The molecule has 0 saturated carbocycles. The zero-order valence-corrected chi connectivity index (χ0v) is 18.3. The van der Waals surface area contributed by atoms with Gasteiger partial charge in [0.15, 0.2) is 0 Å². The van der Waals surface area contributed by atoms with Crippen molar-refractivity contribution in [1.29, 1.82) is 0 Å². The van der Waals surface area contributed by atoms with Gasteiger partial charge in [-0.05, 0) is 19.3 Å². The van der Waals surface area contributed by atoms with Crippen LogP contribution in [0.25, 0.3) is 0 Å². The van der Waals surface area contributed by atoms with Gasteiger partial charge in [0.25, 0.3) is 0 Å². The SMILES string of the molecule is CCCCS(=O)CCCCCCCCCCC[Si](OC)(OC)OC. The van der Waals surface area contributed by atoms with Gasteiger partial charge in [-0.3, -0.25) is 4.21 Å². The minimum atomic E-state index is -2.35. The predicted octanol–water partition coefficient (Wildman–Crippen LogP) is 4.92. The van der Waals surface area contributed by atoms with E-state index in [1.165, 1.54) is 44.9 Å². The number of hydrogen-bond donors (Lipinski definition) is 0. The van der Waals surface area contributed by atoms with Crippen LogP contribution in [-0.2, 0) is 24.1 Å². The summed E-state index contributed by atoms with van der Waals surface area (Å²) >= 11 is 0. The maximum absolute atomic E-state index is 11.7. The van der Waals surface area contributed by atoms with E-state index in [9.17, 15) is 4.21 Å². The molecule has 146 valence electrons. The molecule has 0 aromatic rings. The lowest BCUT2D eigenvalue weighted by Gasteiger charge is -2.24. The highest BCUT2D eigenvalue weighted by molar-refractivity contribution is 7.84. The molecule has 0 amide bonds. The first-order valence-corrected chi connectivity index (χ1v) is 13.1. The molecule has 24 heavy (non-hydrogen) atoms. The Bertz CT molecular complexity index is 290. The first-order valence-electron chi connectivity index (χ1n) is 9.64. The summed E-state index contributed by atoms with van der Waals surface area (Å²) in [6, 6.07) is 0.908. The van der Waals surface area contributed by atoms with Crippen LogP contribution in [0, 0.1) is 0 Å². The molecule has 0 bridgehead atoms. The summed E-state index contributed by atoms with van der Waals surface area (Å²) in [5.74, 6) is 1.81. The Balaban J connectivity index is 3.35. The molecule has 0 aliphatic rings. The average molecular weight is 381 g/mol. The topological polar surface area (TPSA) is 44.8 Å². The van der Waals surface area contributed by atoms with E-state index in [2.05, 4.69) is 6.92 Å². The molecule has 0 aromatic heterocycles. The lowest BCUT2D eigenvalue weighted by atomic mass is 10.1. The summed E-state index contributed by atoms with van der Waals surface area (Å²) in [7, 11) is 2.12. The van der Waals surface area contributed by atoms with E-state index in [4.69, 9.17) is 13.3 Å². The van der Waals surface area contributed by atoms with Crippen LogP contribution in [-0.4, -0.2) is 45.8 Å². The predicted molar refractivity (Wildman–Crippen MR) is 106 cm³/mol. The van der Waals surface area contributed by atoms with Gasteiger partial charge in [-0.1, -0.05) is 58.3 Å². The third-order valence-corrected chi connectivity index (χ3v) is 8.83. The van der Waals surface area contributed by atoms with Gasteiger partial charge in [0.05, 0.1) is 0 Å². The molecular weight excluding hydrogens is 340 g/mol. The maximum atomic E-state index is 11.7. The monoisotopic (exact) mass is 380 g/mol. The molecular formula is C18H40O4SSi. The van der Waals surface area contributed by atoms with Crippen LogP contribution in [0.3, 0.4) is 0 Å². The summed E-state index contributed by atoms with van der Waals surface area (Å²) < 4.78 is 28.0. The van der Waals surface area contributed by atoms with Gasteiger partial charge in [0.1, 0.15) is 0 Å². The second-order valence-corrected chi connectivity index (χ2v) is 11.2. The lowest BCUT2D eigenvalue weighted by Crippen LogP contribution is -2.42. The Morgan fingerprint density at radius 3 is 1.54 bits per heavy atom. The van der Waals surface area contributed by atoms with Crippen LogP contribution < -0.4 is 0 Å². The summed E-state index contributed by atoms with van der Waals surface area (Å²) in [6.45, 7) is 2.16. The average Bonchev–Trinajstić information content (AvgIpc) is 2.61. The molecule has 4 nitrogen and oxygen atoms in total. The van der Waals surface area contributed by atoms with Gasteiger partial charge in [0.2, 0.25) is 0 Å². The number of hydrogen-bond acceptors (Lipinski definition) is 4. The summed E-state index contributed by atoms with van der Waals surface area (Å²) in [4.78, 5) is 0. The zero-order chi connectivity index (χ0) is 18.1. The van der Waals surface area contributed by atoms with Crippen molar-refractivity contribution in [3.63, 3.8) is 0 Å². The molecule has 0 fully saturated rings. The third kappa shape index (κ3) is 12.6. The molecule has 0 aliphatic carbocycles.